The largest absolute Gasteiger partial charge is 0.445 e. The van der Waals surface area contributed by atoms with E-state index in [2.05, 4.69) is 25.5 Å². The summed E-state index contributed by atoms with van der Waals surface area (Å²) in [4.78, 5) is 84.9. The van der Waals surface area contributed by atoms with Gasteiger partial charge in [0.15, 0.2) is 25.0 Å². The lowest BCUT2D eigenvalue weighted by atomic mass is 9.83. The van der Waals surface area contributed by atoms with E-state index in [1.165, 1.54) is 158 Å². The Bertz CT molecular complexity index is 5640. The SMILES string of the molecule is O=C(NC[C@@H]1O[C@H](O[C@H]2[C@@H](OS(=O)(=O)O)[C@H](O[C@@H]3[C@@H](OS(=O)(=O)O)[C@H](NC(=O)OCc4ccccc4)C[C@H](NC(=O)OCc4ccccc4)[C@H]3O[C@H]3O[C@H](CNC(=O)OCc4ccccc4)[C@@H](OS(=O)(=O)O)[C@H](OS(=O)(=O)O)[C@H]3NC(=O)OCc3ccccc3)O[C@@H]2COS(=O)(=O)O)[C@H](NC(=O)OCc2ccccc2)[C@@H](OS(=O)(=O)O)[C@@H]1OS(=O)(=O)O)OCc1ccccc1. The third-order valence-electron chi connectivity index (χ3n) is 18.5. The maximum atomic E-state index is 14.7. The second-order valence-electron chi connectivity index (χ2n) is 27.8. The highest BCUT2D eigenvalue weighted by atomic mass is 32.3. The first-order valence-corrected chi connectivity index (χ1v) is 47.0. The molecule has 10 rings (SSSR count). The van der Waals surface area contributed by atoms with Gasteiger partial charge in [-0.3, -0.25) is 31.9 Å². The number of hydrogen-bond acceptors (Lipinski definition) is 39. The first-order chi connectivity index (χ1) is 61.2. The molecule has 6 amide bonds. The molecule has 0 spiro atoms. The van der Waals surface area contributed by atoms with E-state index < -0.39 is 291 Å². The van der Waals surface area contributed by atoms with Crippen molar-refractivity contribution >= 4 is 109 Å². The van der Waals surface area contributed by atoms with Crippen LogP contribution in [0, 0.1) is 0 Å². The number of carbonyl (C=O) groups excluding carboxylic acids is 6. The summed E-state index contributed by atoms with van der Waals surface area (Å²) in [6.07, 6.45) is -55.0. The van der Waals surface area contributed by atoms with Crippen molar-refractivity contribution in [1.29, 1.82) is 0 Å². The van der Waals surface area contributed by atoms with Gasteiger partial charge in [-0.1, -0.05) is 182 Å². The molecule has 714 valence electrons. The van der Waals surface area contributed by atoms with Crippen molar-refractivity contribution < 1.29 is 206 Å². The molecular formula is C71H82N6O46S7. The normalized spacial score (nSPS) is 25.6. The molecule has 0 bridgehead atoms. The number of alkyl carbamates (subject to hydrolysis) is 6. The summed E-state index contributed by atoms with van der Waals surface area (Å²) >= 11 is 0. The van der Waals surface area contributed by atoms with Crippen molar-refractivity contribution in [2.45, 2.75) is 162 Å². The fraction of sp³-hybridized carbons (Fsp3) is 0.408. The molecule has 6 aromatic carbocycles. The van der Waals surface area contributed by atoms with Gasteiger partial charge in [0, 0.05) is 13.1 Å². The fourth-order valence-electron chi connectivity index (χ4n) is 13.3. The highest BCUT2D eigenvalue weighted by Crippen LogP contribution is 2.41. The summed E-state index contributed by atoms with van der Waals surface area (Å²) in [6.45, 7) is -8.39. The summed E-state index contributed by atoms with van der Waals surface area (Å²) in [5, 5.41) is 12.7. The molecule has 3 aliphatic heterocycles. The van der Waals surface area contributed by atoms with Crippen molar-refractivity contribution in [3.8, 4) is 0 Å². The minimum Gasteiger partial charge on any atom is -0.445 e. The van der Waals surface area contributed by atoms with Gasteiger partial charge in [0.25, 0.3) is 0 Å². The van der Waals surface area contributed by atoms with Gasteiger partial charge >= 0.3 is 109 Å². The van der Waals surface area contributed by atoms with Gasteiger partial charge in [-0.2, -0.15) is 58.9 Å². The lowest BCUT2D eigenvalue weighted by molar-refractivity contribution is -0.305. The fourth-order valence-corrected chi connectivity index (χ4v) is 16.6. The lowest BCUT2D eigenvalue weighted by Crippen LogP contribution is -2.71. The van der Waals surface area contributed by atoms with Crippen molar-refractivity contribution in [2.75, 3.05) is 19.7 Å². The zero-order valence-electron chi connectivity index (χ0n) is 66.3. The monoisotopic (exact) mass is 1980 g/mol. The minimum atomic E-state index is -6.42. The van der Waals surface area contributed by atoms with Gasteiger partial charge in [0.2, 0.25) is 0 Å². The van der Waals surface area contributed by atoms with Gasteiger partial charge in [-0.25, -0.2) is 58.0 Å². The predicted molar refractivity (Wildman–Crippen MR) is 425 cm³/mol. The average Bonchev–Trinajstić information content (AvgIpc) is 1.24. The highest BCUT2D eigenvalue weighted by Gasteiger charge is 2.62. The Balaban J connectivity index is 1.17. The second-order valence-corrected chi connectivity index (χ2v) is 35.2. The Kier molecular flexibility index (Phi) is 35.9. The Labute approximate surface area is 740 Å². The van der Waals surface area contributed by atoms with Crippen molar-refractivity contribution in [3.05, 3.63) is 215 Å². The molecule has 0 aromatic heterocycles. The quantitative estimate of drug-likeness (QED) is 0.0192. The smallest absolute Gasteiger partial charge is 0.407 e. The minimum absolute atomic E-state index is 0.187. The molecule has 0 unspecified atom stereocenters. The summed E-state index contributed by atoms with van der Waals surface area (Å²) in [5.41, 5.74) is 1.52. The Morgan fingerprint density at radius 3 is 0.838 bits per heavy atom. The number of nitrogens with one attached hydrogen (secondary N) is 6. The third kappa shape index (κ3) is 33.9. The lowest BCUT2D eigenvalue weighted by Gasteiger charge is -2.50. The maximum Gasteiger partial charge on any atom is 0.407 e. The van der Waals surface area contributed by atoms with Crippen molar-refractivity contribution in [1.82, 2.24) is 31.9 Å². The van der Waals surface area contributed by atoms with E-state index in [9.17, 15) is 120 Å². The van der Waals surface area contributed by atoms with Crippen LogP contribution in [-0.4, -0.2) is 263 Å². The molecule has 19 atom stereocenters. The number of rotatable bonds is 41. The molecule has 6 aromatic rings. The first-order valence-electron chi connectivity index (χ1n) is 37.5. The first kappa shape index (κ1) is 102. The van der Waals surface area contributed by atoms with E-state index in [1.807, 2.05) is 10.6 Å². The Morgan fingerprint density at radius 1 is 0.277 bits per heavy atom. The molecule has 59 heteroatoms. The molecule has 4 fully saturated rings. The van der Waals surface area contributed by atoms with E-state index in [0.717, 1.165) is 0 Å². The number of carbonyl (C=O) groups is 6. The van der Waals surface area contributed by atoms with Crippen LogP contribution in [0.1, 0.15) is 39.8 Å². The van der Waals surface area contributed by atoms with Crippen LogP contribution in [0.2, 0.25) is 0 Å². The Hall–Kier alpha value is -10.2. The van der Waals surface area contributed by atoms with Crippen LogP contribution in [0.5, 0.6) is 0 Å². The van der Waals surface area contributed by atoms with Gasteiger partial charge in [0.1, 0.15) is 119 Å². The molecule has 13 N–H and O–H groups in total. The average molecular weight is 1980 g/mol. The van der Waals surface area contributed by atoms with Gasteiger partial charge in [0.05, 0.1) is 18.7 Å². The molecular weight excluding hydrogens is 1900 g/mol. The topological polar surface area (TPSA) is 731 Å². The van der Waals surface area contributed by atoms with Gasteiger partial charge < -0.3 is 88.7 Å². The zero-order valence-corrected chi connectivity index (χ0v) is 72.0. The van der Waals surface area contributed by atoms with Crippen LogP contribution in [0.25, 0.3) is 0 Å². The van der Waals surface area contributed by atoms with Crippen LogP contribution in [-0.2, 0) is 199 Å². The van der Waals surface area contributed by atoms with E-state index in [4.69, 9.17) is 81.9 Å². The van der Waals surface area contributed by atoms with E-state index in [-0.39, 0.29) is 22.3 Å². The highest BCUT2D eigenvalue weighted by molar-refractivity contribution is 7.82. The van der Waals surface area contributed by atoms with Crippen LogP contribution < -0.4 is 31.9 Å². The second kappa shape index (κ2) is 45.8. The number of hydrogen-bond donors (Lipinski definition) is 13. The molecule has 3 saturated heterocycles. The van der Waals surface area contributed by atoms with Crippen LogP contribution in [0.3, 0.4) is 0 Å². The van der Waals surface area contributed by atoms with E-state index in [1.54, 1.807) is 24.3 Å². The Morgan fingerprint density at radius 2 is 0.531 bits per heavy atom. The molecule has 130 heavy (non-hydrogen) atoms. The summed E-state index contributed by atoms with van der Waals surface area (Å²) in [6, 6.07) is 34.0. The molecule has 1 saturated carbocycles. The van der Waals surface area contributed by atoms with Crippen LogP contribution >= 0.6 is 0 Å². The molecule has 4 aliphatic rings. The maximum absolute atomic E-state index is 14.7. The number of benzene rings is 6. The summed E-state index contributed by atoms with van der Waals surface area (Å²) in [5.74, 6) is 0. The molecule has 52 nitrogen and oxygen atoms in total. The van der Waals surface area contributed by atoms with E-state index >= 15 is 0 Å². The van der Waals surface area contributed by atoms with Crippen LogP contribution in [0.15, 0.2) is 182 Å². The van der Waals surface area contributed by atoms with Crippen molar-refractivity contribution in [3.63, 3.8) is 0 Å². The van der Waals surface area contributed by atoms with E-state index in [0.29, 0.717) is 11.1 Å². The summed E-state index contributed by atoms with van der Waals surface area (Å²) < 4.78 is 364. The third-order valence-corrected chi connectivity index (χ3v) is 21.7. The number of amides is 6. The predicted octanol–water partition coefficient (Wildman–Crippen LogP) is 1.70. The standard InChI is InChI=1S/C71H82N6O46S7/c78-66(105-34-41-19-7-1-8-20-41)72-32-49-57(119-126(90,91)92)59(121-128(96,97)98)52(76-70(82)109-38-45-27-15-5-16-28-45)63(112-49)115-54-47(74-68(80)107-36-43-23-11-3-12-24-43)31-48(75-69(81)108-37-44-25-13-4-14-26-44)55(118-125(87,88)89)61(54)117-65-62(123-130(102,103)104)56(51(114-65)40-111-124(84,85)86)116-64-53(77-71(83)110-39-46-29-17-6-18-30-46)60(122-129(99,100)101)58(120-127(93,94)95)50(113-64)33-73-67(79)106-35-42-21-9-2-10-22-42/h1-30,47-65H,31-40H2,(H,72,78)(H,73,79)(H,74,80)(H,75,81)(H,76,82)(H,77,83)(H,84,85,86)(H,87,88,89)(H,90,91,92)(H,93,94,95)(H,96,97,98)(H,99,100,101)(H,102,103,104)/t47-,48+,49+,50-,51+,52+,53+,54+,55-,56+,57+,58+,59+,60+,61-,62+,63+,64+,65-/m0/s1. The van der Waals surface area contributed by atoms with Gasteiger partial charge in [-0.05, 0) is 39.8 Å². The zero-order chi connectivity index (χ0) is 94.4. The van der Waals surface area contributed by atoms with Crippen LogP contribution in [0.4, 0.5) is 28.8 Å². The summed E-state index contributed by atoms with van der Waals surface area (Å²) in [7, 11) is -43.2. The van der Waals surface area contributed by atoms with Crippen molar-refractivity contribution in [2.24, 2.45) is 0 Å². The van der Waals surface area contributed by atoms with Gasteiger partial charge in [-0.15, -0.1) is 0 Å². The molecule has 0 radical (unpaired) electrons. The number of ether oxygens (including phenoxy) is 12. The molecule has 1 aliphatic carbocycles. The molecule has 3 heterocycles.